The van der Waals surface area contributed by atoms with E-state index in [-0.39, 0.29) is 29.8 Å². The van der Waals surface area contributed by atoms with Crippen molar-refractivity contribution < 1.29 is 37.3 Å². The van der Waals surface area contributed by atoms with E-state index in [9.17, 15) is 13.6 Å². The van der Waals surface area contributed by atoms with Crippen LogP contribution in [0.2, 0.25) is 0 Å². The van der Waals surface area contributed by atoms with Crippen molar-refractivity contribution in [2.75, 3.05) is 13.7 Å². The van der Waals surface area contributed by atoms with Gasteiger partial charge in [-0.1, -0.05) is 30.3 Å². The number of amides is 1. The van der Waals surface area contributed by atoms with Crippen LogP contribution in [0.3, 0.4) is 0 Å². The largest absolute Gasteiger partial charge is 0.586 e. The Morgan fingerprint density at radius 3 is 2.64 bits per heavy atom. The quantitative estimate of drug-likeness (QED) is 0.362. The molecule has 0 unspecified atom stereocenters. The number of ether oxygens (including phenoxy) is 5. The fraction of sp³-hybridized carbons (Fsp3) is 0.310. The number of nitrogens with one attached hydrogen (secondary N) is 1. The Balaban J connectivity index is 1.19. The Morgan fingerprint density at radius 1 is 1.07 bits per heavy atom. The third kappa shape index (κ3) is 4.41. The number of carbonyl (C=O) groups excluding carboxylic acids is 1. The summed E-state index contributed by atoms with van der Waals surface area (Å²) in [6.45, 7) is 2.14. The van der Waals surface area contributed by atoms with Crippen LogP contribution in [0.5, 0.6) is 28.7 Å². The van der Waals surface area contributed by atoms with Crippen LogP contribution in [0.15, 0.2) is 60.7 Å². The second kappa shape index (κ2) is 9.57. The zero-order valence-corrected chi connectivity index (χ0v) is 22.5. The van der Waals surface area contributed by atoms with Gasteiger partial charge in [0.1, 0.15) is 29.3 Å². The molecule has 0 saturated heterocycles. The molecule has 0 fully saturated rings. The summed E-state index contributed by atoms with van der Waals surface area (Å²) in [6.07, 6.45) is -4.05. The maximum absolute atomic E-state index is 13.9. The van der Waals surface area contributed by atoms with E-state index in [4.69, 9.17) is 14.2 Å². The van der Waals surface area contributed by atoms with E-state index >= 15 is 0 Å². The van der Waals surface area contributed by atoms with Crippen molar-refractivity contribution in [1.82, 2.24) is 25.5 Å². The van der Waals surface area contributed by atoms with Crippen LogP contribution >= 0.6 is 0 Å². The first-order valence-electron chi connectivity index (χ1n) is 13.3. The van der Waals surface area contributed by atoms with Crippen LogP contribution in [0.1, 0.15) is 48.0 Å². The van der Waals surface area contributed by atoms with Gasteiger partial charge in [-0.3, -0.25) is 4.79 Å². The molecular formula is C29H25F2N5O6. The number of rotatable bonds is 6. The van der Waals surface area contributed by atoms with E-state index in [1.807, 2.05) is 36.4 Å². The average molecular weight is 578 g/mol. The summed E-state index contributed by atoms with van der Waals surface area (Å²) >= 11 is 0. The number of halogens is 2. The minimum absolute atomic E-state index is 0.00485. The van der Waals surface area contributed by atoms with E-state index in [0.29, 0.717) is 35.9 Å². The molecule has 0 radical (unpaired) electrons. The Hall–Kier alpha value is -4.94. The van der Waals surface area contributed by atoms with Gasteiger partial charge in [-0.05, 0) is 41.1 Å². The molecule has 3 atom stereocenters. The van der Waals surface area contributed by atoms with Crippen LogP contribution < -0.4 is 29.0 Å². The first-order valence-corrected chi connectivity index (χ1v) is 13.3. The summed E-state index contributed by atoms with van der Waals surface area (Å²) in [5.41, 5.74) is 0.988. The summed E-state index contributed by atoms with van der Waals surface area (Å²) in [6, 6.07) is 17.3. The highest BCUT2D eigenvalue weighted by atomic mass is 19.3. The highest BCUT2D eigenvalue weighted by molar-refractivity contribution is 5.90. The monoisotopic (exact) mass is 577 g/mol. The van der Waals surface area contributed by atoms with Crippen molar-refractivity contribution in [3.8, 4) is 28.7 Å². The Labute approximate surface area is 238 Å². The van der Waals surface area contributed by atoms with E-state index in [1.165, 1.54) is 12.1 Å². The summed E-state index contributed by atoms with van der Waals surface area (Å²) < 4.78 is 55.7. The van der Waals surface area contributed by atoms with Gasteiger partial charge >= 0.3 is 6.29 Å². The number of alkyl halides is 2. The molecule has 0 saturated carbocycles. The average Bonchev–Trinajstić information content (AvgIpc) is 3.66. The molecule has 42 heavy (non-hydrogen) atoms. The third-order valence-corrected chi connectivity index (χ3v) is 7.76. The fourth-order valence-electron chi connectivity index (χ4n) is 5.51. The lowest BCUT2D eigenvalue weighted by Gasteiger charge is -2.34. The molecule has 1 aromatic heterocycles. The molecule has 1 amide bonds. The first-order chi connectivity index (χ1) is 20.2. The molecule has 3 aliphatic heterocycles. The Morgan fingerprint density at radius 2 is 1.86 bits per heavy atom. The minimum Gasteiger partial charge on any atom is -0.497 e. The van der Waals surface area contributed by atoms with Crippen LogP contribution in [-0.2, 0) is 16.8 Å². The maximum atomic E-state index is 13.9. The summed E-state index contributed by atoms with van der Waals surface area (Å²) in [5, 5.41) is 15.5. The molecule has 4 heterocycles. The molecule has 216 valence electrons. The number of benzene rings is 3. The summed E-state index contributed by atoms with van der Waals surface area (Å²) in [7, 11) is 1.56. The molecule has 4 aromatic rings. The second-order valence-corrected chi connectivity index (χ2v) is 10.5. The molecule has 0 spiro atoms. The Bertz CT molecular complexity index is 1680. The topological polar surface area (TPSA) is 119 Å². The van der Waals surface area contributed by atoms with Crippen LogP contribution in [-0.4, -0.2) is 46.1 Å². The van der Waals surface area contributed by atoms with Crippen LogP contribution in [0.4, 0.5) is 8.78 Å². The van der Waals surface area contributed by atoms with Gasteiger partial charge in [0.05, 0.1) is 19.7 Å². The molecule has 3 aromatic carbocycles. The lowest BCUT2D eigenvalue weighted by atomic mass is 9.82. The number of nitrogens with zero attached hydrogens (tertiary/aromatic N) is 4. The number of carbonyl (C=O) groups is 1. The van der Waals surface area contributed by atoms with Gasteiger partial charge in [0, 0.05) is 29.7 Å². The van der Waals surface area contributed by atoms with Gasteiger partial charge in [-0.2, -0.15) is 0 Å². The molecule has 3 aliphatic rings. The van der Waals surface area contributed by atoms with E-state index < -0.39 is 23.9 Å². The van der Waals surface area contributed by atoms with Gasteiger partial charge in [-0.25, -0.2) is 4.68 Å². The normalized spacial score (nSPS) is 22.9. The number of aromatic nitrogens is 4. The van der Waals surface area contributed by atoms with E-state index in [2.05, 4.69) is 30.3 Å². The zero-order valence-electron chi connectivity index (χ0n) is 22.5. The molecule has 11 nitrogen and oxygen atoms in total. The van der Waals surface area contributed by atoms with Gasteiger partial charge in [-0.15, -0.1) is 13.9 Å². The smallest absolute Gasteiger partial charge is 0.497 e. The molecule has 0 aliphatic carbocycles. The van der Waals surface area contributed by atoms with Gasteiger partial charge < -0.3 is 29.0 Å². The van der Waals surface area contributed by atoms with E-state index in [0.717, 1.165) is 11.1 Å². The van der Waals surface area contributed by atoms with Gasteiger partial charge in [0.25, 0.3) is 0 Å². The molecule has 1 N–H and O–H groups in total. The van der Waals surface area contributed by atoms with Crippen molar-refractivity contribution in [3.05, 3.63) is 83.2 Å². The van der Waals surface area contributed by atoms with Crippen molar-refractivity contribution in [2.24, 2.45) is 0 Å². The van der Waals surface area contributed by atoms with Gasteiger partial charge in [0.2, 0.25) is 5.91 Å². The number of methoxy groups -OCH3 is 1. The van der Waals surface area contributed by atoms with Crippen molar-refractivity contribution >= 4 is 5.91 Å². The van der Waals surface area contributed by atoms with Crippen molar-refractivity contribution in [2.45, 2.75) is 43.7 Å². The predicted octanol–water partition coefficient (Wildman–Crippen LogP) is 4.08. The number of fused-ring (bicyclic) bond motifs is 3. The van der Waals surface area contributed by atoms with Crippen LogP contribution in [0, 0.1) is 0 Å². The lowest BCUT2D eigenvalue weighted by Crippen LogP contribution is -2.46. The predicted molar refractivity (Wildman–Crippen MR) is 141 cm³/mol. The highest BCUT2D eigenvalue weighted by Gasteiger charge is 2.49. The number of hydrogen-bond donors (Lipinski definition) is 1. The van der Waals surface area contributed by atoms with Crippen molar-refractivity contribution in [1.29, 1.82) is 0 Å². The maximum Gasteiger partial charge on any atom is 0.586 e. The first kappa shape index (κ1) is 26.0. The SMILES string of the molecule is COc1ccc2c(c1)O[C@@H](c1nnnn1Cc1ccccc1)C[C@H]2NC(=O)[C@@]1(C)COc2cc3c(cc21)OC(F)(F)O3. The minimum atomic E-state index is -3.78. The fourth-order valence-corrected chi connectivity index (χ4v) is 5.51. The van der Waals surface area contributed by atoms with E-state index in [1.54, 1.807) is 30.8 Å². The summed E-state index contributed by atoms with van der Waals surface area (Å²) in [4.78, 5) is 13.9. The van der Waals surface area contributed by atoms with Crippen LogP contribution in [0.25, 0.3) is 0 Å². The second-order valence-electron chi connectivity index (χ2n) is 10.5. The molecular weight excluding hydrogens is 552 g/mol. The lowest BCUT2D eigenvalue weighted by molar-refractivity contribution is -0.286. The molecule has 7 rings (SSSR count). The standard InChI is InChI=1S/C29H25F2N5O6/c1-28(15-39-22-13-24-23(11-19(22)28)41-29(30,31)42-24)27(37)32-20-12-25(40-21-10-17(38-2)8-9-18(20)21)26-33-34-35-36(26)14-16-6-4-3-5-7-16/h3-11,13,20,25H,12,14-15H2,1-2H3,(H,32,37)/t20-,25-,28+/m1/s1. The third-order valence-electron chi connectivity index (χ3n) is 7.76. The number of hydrogen-bond acceptors (Lipinski definition) is 9. The Kier molecular flexibility index (Phi) is 5.92. The zero-order chi connectivity index (χ0) is 29.1. The van der Waals surface area contributed by atoms with Crippen molar-refractivity contribution in [3.63, 3.8) is 0 Å². The highest BCUT2D eigenvalue weighted by Crippen LogP contribution is 2.50. The molecule has 0 bridgehead atoms. The molecule has 13 heteroatoms. The van der Waals surface area contributed by atoms with Gasteiger partial charge in [0.15, 0.2) is 23.4 Å². The summed E-state index contributed by atoms with van der Waals surface area (Å²) in [5.74, 6) is 1.22. The number of tetrazole rings is 1.